The molecule has 0 radical (unpaired) electrons. The number of amides is 1. The third kappa shape index (κ3) is 7.54. The maximum atomic E-state index is 11.9. The van der Waals surface area contributed by atoms with Crippen molar-refractivity contribution >= 4 is 17.5 Å². The van der Waals surface area contributed by atoms with E-state index in [9.17, 15) is 4.79 Å². The van der Waals surface area contributed by atoms with E-state index >= 15 is 0 Å². The fourth-order valence-corrected chi connectivity index (χ4v) is 2.42. The van der Waals surface area contributed by atoms with E-state index in [0.29, 0.717) is 12.3 Å². The summed E-state index contributed by atoms with van der Waals surface area (Å²) in [5.41, 5.74) is 1.21. The molecule has 0 saturated carbocycles. The zero-order valence-electron chi connectivity index (χ0n) is 12.4. The monoisotopic (exact) mass is 295 g/mol. The summed E-state index contributed by atoms with van der Waals surface area (Å²) in [4.78, 5) is 11.9. The molecule has 1 aromatic rings. The van der Waals surface area contributed by atoms with Crippen LogP contribution >= 0.6 is 11.6 Å². The Hall–Kier alpha value is -1.02. The Morgan fingerprint density at radius 2 is 1.85 bits per heavy atom. The molecule has 0 saturated heterocycles. The SMILES string of the molecule is CCCCCCCC(=O)NC(CCl)Cc1ccccc1. The lowest BCUT2D eigenvalue weighted by Gasteiger charge is -2.16. The molecule has 3 heteroatoms. The lowest BCUT2D eigenvalue weighted by molar-refractivity contribution is -0.121. The molecule has 0 aliphatic carbocycles. The van der Waals surface area contributed by atoms with E-state index in [-0.39, 0.29) is 11.9 Å². The zero-order valence-corrected chi connectivity index (χ0v) is 13.2. The van der Waals surface area contributed by atoms with E-state index in [1.54, 1.807) is 0 Å². The first-order chi connectivity index (χ1) is 9.76. The second-order valence-corrected chi connectivity index (χ2v) is 5.58. The van der Waals surface area contributed by atoms with Gasteiger partial charge in [0.15, 0.2) is 0 Å². The number of hydrogen-bond donors (Lipinski definition) is 1. The van der Waals surface area contributed by atoms with Crippen molar-refractivity contribution in [1.29, 1.82) is 0 Å². The molecule has 1 aromatic carbocycles. The molecule has 112 valence electrons. The Balaban J connectivity index is 2.24. The van der Waals surface area contributed by atoms with Crippen molar-refractivity contribution in [2.45, 2.75) is 57.9 Å². The molecular weight excluding hydrogens is 270 g/mol. The van der Waals surface area contributed by atoms with Crippen LogP contribution in [0.2, 0.25) is 0 Å². The van der Waals surface area contributed by atoms with Gasteiger partial charge in [-0.2, -0.15) is 0 Å². The molecule has 0 aliphatic heterocycles. The Kier molecular flexibility index (Phi) is 9.14. The van der Waals surface area contributed by atoms with Crippen molar-refractivity contribution in [2.75, 3.05) is 5.88 Å². The van der Waals surface area contributed by atoms with Gasteiger partial charge in [0.25, 0.3) is 0 Å². The molecule has 1 amide bonds. The van der Waals surface area contributed by atoms with Gasteiger partial charge in [0, 0.05) is 18.3 Å². The minimum Gasteiger partial charge on any atom is -0.352 e. The number of rotatable bonds is 10. The molecule has 0 bridgehead atoms. The highest BCUT2D eigenvalue weighted by molar-refractivity contribution is 6.18. The van der Waals surface area contributed by atoms with Gasteiger partial charge >= 0.3 is 0 Å². The smallest absolute Gasteiger partial charge is 0.220 e. The quantitative estimate of drug-likeness (QED) is 0.506. The summed E-state index contributed by atoms with van der Waals surface area (Å²) < 4.78 is 0. The van der Waals surface area contributed by atoms with Crippen LogP contribution in [0.5, 0.6) is 0 Å². The summed E-state index contributed by atoms with van der Waals surface area (Å²) in [7, 11) is 0. The number of carbonyl (C=O) groups excluding carboxylic acids is 1. The van der Waals surface area contributed by atoms with Gasteiger partial charge in [-0.1, -0.05) is 62.9 Å². The summed E-state index contributed by atoms with van der Waals surface area (Å²) in [5, 5.41) is 3.04. The lowest BCUT2D eigenvalue weighted by atomic mass is 10.1. The lowest BCUT2D eigenvalue weighted by Crippen LogP contribution is -2.37. The van der Waals surface area contributed by atoms with Crippen LogP contribution in [0.25, 0.3) is 0 Å². The maximum Gasteiger partial charge on any atom is 0.220 e. The average molecular weight is 296 g/mol. The van der Waals surface area contributed by atoms with Gasteiger partial charge in [-0.3, -0.25) is 4.79 Å². The van der Waals surface area contributed by atoms with Crippen LogP contribution in [0.1, 0.15) is 51.0 Å². The fraction of sp³-hybridized carbons (Fsp3) is 0.588. The van der Waals surface area contributed by atoms with Gasteiger partial charge in [-0.15, -0.1) is 11.6 Å². The van der Waals surface area contributed by atoms with Gasteiger partial charge in [0.05, 0.1) is 0 Å². The van der Waals surface area contributed by atoms with Crippen LogP contribution in [0.3, 0.4) is 0 Å². The topological polar surface area (TPSA) is 29.1 Å². The zero-order chi connectivity index (χ0) is 14.6. The largest absolute Gasteiger partial charge is 0.352 e. The number of nitrogens with one attached hydrogen (secondary N) is 1. The molecule has 2 nitrogen and oxygen atoms in total. The molecule has 0 aromatic heterocycles. The third-order valence-electron chi connectivity index (χ3n) is 3.38. The van der Waals surface area contributed by atoms with E-state index in [0.717, 1.165) is 19.3 Å². The van der Waals surface area contributed by atoms with E-state index < -0.39 is 0 Å². The maximum absolute atomic E-state index is 11.9. The minimum atomic E-state index is 0.0298. The van der Waals surface area contributed by atoms with E-state index in [2.05, 4.69) is 24.4 Å². The van der Waals surface area contributed by atoms with Gasteiger partial charge in [0.2, 0.25) is 5.91 Å². The second kappa shape index (κ2) is 10.7. The first-order valence-corrected chi connectivity index (χ1v) is 8.19. The molecule has 1 unspecified atom stereocenters. The Bertz CT molecular complexity index is 367. The van der Waals surface area contributed by atoms with Crippen molar-refractivity contribution in [3.63, 3.8) is 0 Å². The van der Waals surface area contributed by atoms with Gasteiger partial charge in [0.1, 0.15) is 0 Å². The molecule has 0 spiro atoms. The first kappa shape index (κ1) is 17.0. The van der Waals surface area contributed by atoms with Crippen LogP contribution in [0.4, 0.5) is 0 Å². The number of halogens is 1. The van der Waals surface area contributed by atoms with Gasteiger partial charge in [-0.25, -0.2) is 0 Å². The van der Waals surface area contributed by atoms with Crippen LogP contribution in [-0.4, -0.2) is 17.8 Å². The Morgan fingerprint density at radius 1 is 1.15 bits per heavy atom. The number of carbonyl (C=O) groups is 1. The number of unbranched alkanes of at least 4 members (excludes halogenated alkanes) is 4. The highest BCUT2D eigenvalue weighted by Gasteiger charge is 2.11. The van der Waals surface area contributed by atoms with Gasteiger partial charge < -0.3 is 5.32 Å². The summed E-state index contributed by atoms with van der Waals surface area (Å²) >= 11 is 5.95. The highest BCUT2D eigenvalue weighted by atomic mass is 35.5. The highest BCUT2D eigenvalue weighted by Crippen LogP contribution is 2.07. The summed E-state index contributed by atoms with van der Waals surface area (Å²) in [6.07, 6.45) is 7.26. The van der Waals surface area contributed by atoms with E-state index in [4.69, 9.17) is 11.6 Å². The van der Waals surface area contributed by atoms with Crippen LogP contribution in [-0.2, 0) is 11.2 Å². The fourth-order valence-electron chi connectivity index (χ4n) is 2.23. The van der Waals surface area contributed by atoms with E-state index in [1.165, 1.54) is 24.8 Å². The van der Waals surface area contributed by atoms with Gasteiger partial charge in [-0.05, 0) is 18.4 Å². The molecular formula is C17H26ClNO. The molecule has 1 N–H and O–H groups in total. The summed E-state index contributed by atoms with van der Waals surface area (Å²) in [6.45, 7) is 2.20. The Morgan fingerprint density at radius 3 is 2.50 bits per heavy atom. The second-order valence-electron chi connectivity index (χ2n) is 5.27. The molecule has 0 fully saturated rings. The molecule has 20 heavy (non-hydrogen) atoms. The first-order valence-electron chi connectivity index (χ1n) is 7.65. The third-order valence-corrected chi connectivity index (χ3v) is 3.76. The standard InChI is InChI=1S/C17H26ClNO/c1-2-3-4-5-9-12-17(20)19-16(14-18)13-15-10-7-6-8-11-15/h6-8,10-11,16H,2-5,9,12-14H2,1H3,(H,19,20). The van der Waals surface area contributed by atoms with E-state index in [1.807, 2.05) is 18.2 Å². The van der Waals surface area contributed by atoms with Crippen molar-refractivity contribution in [1.82, 2.24) is 5.32 Å². The normalized spacial score (nSPS) is 12.1. The van der Waals surface area contributed by atoms with Crippen molar-refractivity contribution < 1.29 is 4.79 Å². The van der Waals surface area contributed by atoms with Crippen LogP contribution in [0.15, 0.2) is 30.3 Å². The number of hydrogen-bond acceptors (Lipinski definition) is 1. The minimum absolute atomic E-state index is 0.0298. The molecule has 1 atom stereocenters. The predicted molar refractivity (Wildman–Crippen MR) is 86.2 cm³/mol. The van der Waals surface area contributed by atoms with Crippen molar-refractivity contribution in [2.24, 2.45) is 0 Å². The van der Waals surface area contributed by atoms with Crippen LogP contribution in [0, 0.1) is 0 Å². The number of benzene rings is 1. The molecule has 0 heterocycles. The summed E-state index contributed by atoms with van der Waals surface area (Å²) in [5.74, 6) is 0.583. The average Bonchev–Trinajstić information content (AvgIpc) is 2.47. The Labute approximate surface area is 127 Å². The summed E-state index contributed by atoms with van der Waals surface area (Å²) in [6, 6.07) is 10.2. The number of alkyl halides is 1. The predicted octanol–water partition coefficient (Wildman–Crippen LogP) is 4.31. The molecule has 0 aliphatic rings. The molecule has 1 rings (SSSR count). The van der Waals surface area contributed by atoms with Crippen molar-refractivity contribution in [3.05, 3.63) is 35.9 Å². The van der Waals surface area contributed by atoms with Crippen molar-refractivity contribution in [3.8, 4) is 0 Å². The van der Waals surface area contributed by atoms with Crippen LogP contribution < -0.4 is 5.32 Å².